The van der Waals surface area contributed by atoms with E-state index in [9.17, 15) is 20.6 Å². The van der Waals surface area contributed by atoms with Crippen molar-refractivity contribution in [1.82, 2.24) is 14.6 Å². The maximum atomic E-state index is 10.5. The van der Waals surface area contributed by atoms with Crippen molar-refractivity contribution in [3.05, 3.63) is 23.7 Å². The molecule has 1 fully saturated rings. The van der Waals surface area contributed by atoms with Gasteiger partial charge in [0.2, 0.25) is 0 Å². The second-order valence-electron chi connectivity index (χ2n) is 5.41. The first kappa shape index (κ1) is 14.7. The van der Waals surface area contributed by atoms with Gasteiger partial charge in [0.25, 0.3) is 0 Å². The molecule has 0 radical (unpaired) electrons. The van der Waals surface area contributed by atoms with Gasteiger partial charge in [-0.2, -0.15) is 10.4 Å². The summed E-state index contributed by atoms with van der Waals surface area (Å²) in [5.74, 6) is 0.120. The molecule has 0 amide bonds. The Morgan fingerprint density at radius 1 is 1.59 bits per heavy atom. The molecule has 1 saturated heterocycles. The summed E-state index contributed by atoms with van der Waals surface area (Å²) in [6, 6.07) is 3.47. The molecule has 9 nitrogen and oxygen atoms in total. The Morgan fingerprint density at radius 3 is 2.91 bits per heavy atom. The van der Waals surface area contributed by atoms with E-state index >= 15 is 0 Å². The lowest BCUT2D eigenvalue weighted by molar-refractivity contribution is -0.0664. The van der Waals surface area contributed by atoms with E-state index in [2.05, 4.69) is 10.1 Å². The number of hydrogen-bond acceptors (Lipinski definition) is 8. The molecule has 0 aliphatic carbocycles. The molecular formula is C13H15N5O4. The predicted octanol–water partition coefficient (Wildman–Crippen LogP) is -1.27. The number of aromatic nitrogens is 3. The van der Waals surface area contributed by atoms with Crippen molar-refractivity contribution >= 4 is 11.3 Å². The van der Waals surface area contributed by atoms with Gasteiger partial charge in [-0.3, -0.25) is 0 Å². The van der Waals surface area contributed by atoms with Crippen LogP contribution in [0, 0.1) is 11.3 Å². The van der Waals surface area contributed by atoms with E-state index < -0.39 is 30.5 Å². The molecule has 9 heteroatoms. The minimum absolute atomic E-state index is 0.120. The molecular weight excluding hydrogens is 290 g/mol. The van der Waals surface area contributed by atoms with Crippen LogP contribution < -0.4 is 5.73 Å². The zero-order valence-corrected chi connectivity index (χ0v) is 11.7. The summed E-state index contributed by atoms with van der Waals surface area (Å²) in [6.45, 7) is 0.952. The summed E-state index contributed by atoms with van der Waals surface area (Å²) in [5.41, 5.74) is 5.00. The van der Waals surface area contributed by atoms with Crippen LogP contribution in [0.5, 0.6) is 0 Å². The lowest BCUT2D eigenvalue weighted by Gasteiger charge is -2.26. The summed E-state index contributed by atoms with van der Waals surface area (Å²) in [6.07, 6.45) is -1.98. The van der Waals surface area contributed by atoms with Crippen molar-refractivity contribution in [2.45, 2.75) is 30.8 Å². The SMILES string of the molecule is C[C@@]1(O)C(O)[C@@H](CO)O[C@H]1c1cc(C#N)c2c(N)ncnn12. The van der Waals surface area contributed by atoms with E-state index in [0.717, 1.165) is 0 Å². The quantitative estimate of drug-likeness (QED) is 0.536. The van der Waals surface area contributed by atoms with Gasteiger partial charge in [0.15, 0.2) is 5.82 Å². The largest absolute Gasteiger partial charge is 0.394 e. The Kier molecular flexibility index (Phi) is 3.26. The second-order valence-corrected chi connectivity index (χ2v) is 5.41. The summed E-state index contributed by atoms with van der Waals surface area (Å²) in [4.78, 5) is 3.84. The minimum Gasteiger partial charge on any atom is -0.394 e. The van der Waals surface area contributed by atoms with Crippen molar-refractivity contribution < 1.29 is 20.1 Å². The van der Waals surface area contributed by atoms with Crippen LogP contribution in [-0.2, 0) is 4.74 Å². The van der Waals surface area contributed by atoms with E-state index in [4.69, 9.17) is 10.5 Å². The first-order valence-electron chi connectivity index (χ1n) is 6.60. The second kappa shape index (κ2) is 4.89. The normalized spacial score (nSPS) is 31.5. The van der Waals surface area contributed by atoms with Gasteiger partial charge in [-0.1, -0.05) is 0 Å². The smallest absolute Gasteiger partial charge is 0.152 e. The van der Waals surface area contributed by atoms with Crippen LogP contribution in [0.3, 0.4) is 0 Å². The Hall–Kier alpha value is -2.25. The Morgan fingerprint density at radius 2 is 2.32 bits per heavy atom. The molecule has 5 N–H and O–H groups in total. The standard InChI is InChI=1S/C13H15N5O4/c1-13(21)10(20)8(4-19)22-11(13)7-2-6(3-14)9-12(15)16-5-17-18(7)9/h2,5,8,10-11,19-21H,4H2,1H3,(H2,15,16,17)/t8-,10?,11+,13-/m1/s1. The molecule has 3 heterocycles. The van der Waals surface area contributed by atoms with Crippen LogP contribution in [0.4, 0.5) is 5.82 Å². The minimum atomic E-state index is -1.66. The highest BCUT2D eigenvalue weighted by atomic mass is 16.6. The maximum Gasteiger partial charge on any atom is 0.152 e. The zero-order chi connectivity index (χ0) is 16.1. The highest BCUT2D eigenvalue weighted by Crippen LogP contribution is 2.42. The van der Waals surface area contributed by atoms with Gasteiger partial charge in [0.1, 0.15) is 41.8 Å². The predicted molar refractivity (Wildman–Crippen MR) is 73.4 cm³/mol. The summed E-state index contributed by atoms with van der Waals surface area (Å²) < 4.78 is 6.90. The highest BCUT2D eigenvalue weighted by molar-refractivity contribution is 5.74. The fraction of sp³-hybridized carbons (Fsp3) is 0.462. The number of anilines is 1. The van der Waals surface area contributed by atoms with Crippen molar-refractivity contribution in [3.8, 4) is 6.07 Å². The van der Waals surface area contributed by atoms with Gasteiger partial charge in [0.05, 0.1) is 17.9 Å². The first-order chi connectivity index (χ1) is 10.4. The molecule has 3 rings (SSSR count). The van der Waals surface area contributed by atoms with E-state index in [-0.39, 0.29) is 11.4 Å². The monoisotopic (exact) mass is 305 g/mol. The molecule has 4 atom stereocenters. The maximum absolute atomic E-state index is 10.5. The first-order valence-corrected chi connectivity index (χ1v) is 6.60. The molecule has 0 bridgehead atoms. The fourth-order valence-corrected chi connectivity index (χ4v) is 2.79. The van der Waals surface area contributed by atoms with Crippen LogP contribution >= 0.6 is 0 Å². The van der Waals surface area contributed by atoms with Crippen molar-refractivity contribution in [3.63, 3.8) is 0 Å². The molecule has 1 aliphatic rings. The van der Waals surface area contributed by atoms with Gasteiger partial charge >= 0.3 is 0 Å². The summed E-state index contributed by atoms with van der Waals surface area (Å²) in [5, 5.41) is 43.1. The average molecular weight is 305 g/mol. The average Bonchev–Trinajstić information content (AvgIpc) is 2.97. The lowest BCUT2D eigenvalue weighted by Crippen LogP contribution is -2.43. The molecule has 116 valence electrons. The number of nitrogen functional groups attached to an aromatic ring is 1. The van der Waals surface area contributed by atoms with Gasteiger partial charge in [-0.25, -0.2) is 9.50 Å². The third kappa shape index (κ3) is 1.86. The highest BCUT2D eigenvalue weighted by Gasteiger charge is 2.53. The molecule has 0 saturated carbocycles. The van der Waals surface area contributed by atoms with Crippen LogP contribution in [0.15, 0.2) is 12.4 Å². The zero-order valence-electron chi connectivity index (χ0n) is 11.7. The van der Waals surface area contributed by atoms with E-state index in [1.807, 2.05) is 6.07 Å². The number of fused-ring (bicyclic) bond motifs is 1. The van der Waals surface area contributed by atoms with E-state index in [1.54, 1.807) is 0 Å². The molecule has 1 aliphatic heterocycles. The number of aliphatic hydroxyl groups excluding tert-OH is 2. The number of aliphatic hydroxyl groups is 3. The third-order valence-corrected chi connectivity index (χ3v) is 3.97. The van der Waals surface area contributed by atoms with Crippen LogP contribution in [0.1, 0.15) is 24.3 Å². The Balaban J connectivity index is 2.20. The summed E-state index contributed by atoms with van der Waals surface area (Å²) in [7, 11) is 0. The van der Waals surface area contributed by atoms with Crippen molar-refractivity contribution in [1.29, 1.82) is 5.26 Å². The molecule has 0 spiro atoms. The van der Waals surface area contributed by atoms with Gasteiger partial charge in [0, 0.05) is 0 Å². The Bertz CT molecular complexity index is 766. The van der Waals surface area contributed by atoms with Crippen LogP contribution in [0.2, 0.25) is 0 Å². The number of hydrogen-bond donors (Lipinski definition) is 4. The van der Waals surface area contributed by atoms with E-state index in [1.165, 1.54) is 23.8 Å². The lowest BCUT2D eigenvalue weighted by atomic mass is 9.91. The van der Waals surface area contributed by atoms with Gasteiger partial charge < -0.3 is 25.8 Å². The van der Waals surface area contributed by atoms with Crippen LogP contribution in [0.25, 0.3) is 5.52 Å². The number of nitrogens with two attached hydrogens (primary N) is 1. The topological polar surface area (TPSA) is 150 Å². The Labute approximate surface area is 125 Å². The molecule has 2 aromatic rings. The molecule has 1 unspecified atom stereocenters. The summed E-state index contributed by atoms with van der Waals surface area (Å²) >= 11 is 0. The van der Waals surface area contributed by atoms with Crippen molar-refractivity contribution in [2.24, 2.45) is 0 Å². The number of nitriles is 1. The number of ether oxygens (including phenoxy) is 1. The van der Waals surface area contributed by atoms with Gasteiger partial charge in [-0.05, 0) is 13.0 Å². The number of rotatable bonds is 2. The van der Waals surface area contributed by atoms with Crippen molar-refractivity contribution in [2.75, 3.05) is 12.3 Å². The number of nitrogens with zero attached hydrogens (tertiary/aromatic N) is 4. The van der Waals surface area contributed by atoms with E-state index in [0.29, 0.717) is 11.2 Å². The molecule has 22 heavy (non-hydrogen) atoms. The molecule has 2 aromatic heterocycles. The third-order valence-electron chi connectivity index (χ3n) is 3.97. The fourth-order valence-electron chi connectivity index (χ4n) is 2.79. The molecule has 0 aromatic carbocycles. The van der Waals surface area contributed by atoms with Gasteiger partial charge in [-0.15, -0.1) is 0 Å². The van der Waals surface area contributed by atoms with Crippen LogP contribution in [-0.4, -0.2) is 54.3 Å².